The first-order chi connectivity index (χ1) is 12.9. The van der Waals surface area contributed by atoms with Crippen LogP contribution in [0.2, 0.25) is 0 Å². The molecule has 0 atom stereocenters. The minimum absolute atomic E-state index is 0.601. The molecular formula is C21H25N5. The molecule has 0 spiro atoms. The molecule has 134 valence electrons. The van der Waals surface area contributed by atoms with E-state index in [9.17, 15) is 0 Å². The molecule has 0 amide bonds. The minimum Gasteiger partial charge on any atom is -0.353 e. The van der Waals surface area contributed by atoms with Gasteiger partial charge in [0.2, 0.25) is 5.65 Å². The third kappa shape index (κ3) is 3.06. The summed E-state index contributed by atoms with van der Waals surface area (Å²) in [6.45, 7) is 2.13. The third-order valence-corrected chi connectivity index (χ3v) is 5.88. The molecule has 1 saturated heterocycles. The molecule has 1 saturated carbocycles. The average Bonchev–Trinajstić information content (AvgIpc) is 3.46. The van der Waals surface area contributed by atoms with Crippen LogP contribution < -0.4 is 4.90 Å². The molecule has 1 aromatic carbocycles. The number of hydrogen-bond acceptors (Lipinski definition) is 4. The summed E-state index contributed by atoms with van der Waals surface area (Å²) in [4.78, 5) is 7.05. The molecule has 0 bridgehead atoms. The van der Waals surface area contributed by atoms with Gasteiger partial charge in [0.1, 0.15) is 5.82 Å². The maximum atomic E-state index is 4.64. The van der Waals surface area contributed by atoms with E-state index in [0.29, 0.717) is 5.92 Å². The normalized spacial score (nSPS) is 18.5. The lowest BCUT2D eigenvalue weighted by Gasteiger charge is -2.32. The van der Waals surface area contributed by atoms with Gasteiger partial charge in [-0.3, -0.25) is 4.40 Å². The molecule has 0 radical (unpaired) electrons. The summed E-state index contributed by atoms with van der Waals surface area (Å²) in [5.74, 6) is 3.53. The van der Waals surface area contributed by atoms with Gasteiger partial charge in [0.25, 0.3) is 0 Å². The van der Waals surface area contributed by atoms with E-state index in [-0.39, 0.29) is 0 Å². The van der Waals surface area contributed by atoms with Crippen molar-refractivity contribution in [2.24, 2.45) is 5.92 Å². The first-order valence-electron chi connectivity index (χ1n) is 9.87. The monoisotopic (exact) mass is 347 g/mol. The number of fused-ring (bicyclic) bond motifs is 1. The second-order valence-corrected chi connectivity index (χ2v) is 7.73. The van der Waals surface area contributed by atoms with Crippen LogP contribution in [0.1, 0.15) is 49.4 Å². The zero-order valence-electron chi connectivity index (χ0n) is 15.1. The maximum absolute atomic E-state index is 4.64. The van der Waals surface area contributed by atoms with Gasteiger partial charge in [-0.05, 0) is 50.0 Å². The number of hydrogen-bond donors (Lipinski definition) is 0. The van der Waals surface area contributed by atoms with E-state index in [2.05, 4.69) is 54.8 Å². The molecule has 3 heterocycles. The highest BCUT2D eigenvalue weighted by Gasteiger charge is 2.30. The third-order valence-electron chi connectivity index (χ3n) is 5.88. The van der Waals surface area contributed by atoms with Gasteiger partial charge in [-0.25, -0.2) is 4.98 Å². The Bertz CT molecular complexity index is 876. The van der Waals surface area contributed by atoms with E-state index in [1.54, 1.807) is 0 Å². The van der Waals surface area contributed by atoms with Crippen molar-refractivity contribution < 1.29 is 0 Å². The zero-order chi connectivity index (χ0) is 17.3. The molecule has 2 aromatic heterocycles. The van der Waals surface area contributed by atoms with Crippen molar-refractivity contribution in [2.45, 2.75) is 44.4 Å². The fourth-order valence-electron chi connectivity index (χ4n) is 4.12. The van der Waals surface area contributed by atoms with Gasteiger partial charge < -0.3 is 4.90 Å². The van der Waals surface area contributed by atoms with Crippen LogP contribution in [0, 0.1) is 5.92 Å². The Morgan fingerprint density at radius 3 is 2.54 bits per heavy atom. The van der Waals surface area contributed by atoms with Crippen molar-refractivity contribution in [1.82, 2.24) is 19.6 Å². The predicted molar refractivity (Wildman–Crippen MR) is 102 cm³/mol. The van der Waals surface area contributed by atoms with E-state index in [1.165, 1.54) is 44.1 Å². The number of benzene rings is 1. The van der Waals surface area contributed by atoms with Crippen molar-refractivity contribution >= 4 is 11.5 Å². The molecule has 26 heavy (non-hydrogen) atoms. The van der Waals surface area contributed by atoms with Crippen LogP contribution in [-0.4, -0.2) is 32.7 Å². The van der Waals surface area contributed by atoms with Crippen molar-refractivity contribution in [3.63, 3.8) is 0 Å². The summed E-state index contributed by atoms with van der Waals surface area (Å²) in [5, 5.41) is 8.90. The molecule has 1 aliphatic carbocycles. The fraction of sp³-hybridized carbons (Fsp3) is 0.476. The Balaban J connectivity index is 1.25. The van der Waals surface area contributed by atoms with Crippen LogP contribution in [-0.2, 0) is 6.42 Å². The Morgan fingerprint density at radius 2 is 1.77 bits per heavy atom. The predicted octanol–water partition coefficient (Wildman–Crippen LogP) is 3.85. The van der Waals surface area contributed by atoms with E-state index in [4.69, 9.17) is 0 Å². The second-order valence-electron chi connectivity index (χ2n) is 7.73. The molecule has 0 N–H and O–H groups in total. The largest absolute Gasteiger partial charge is 0.353 e. The molecule has 5 rings (SSSR count). The average molecular weight is 347 g/mol. The zero-order valence-corrected chi connectivity index (χ0v) is 15.1. The lowest BCUT2D eigenvalue weighted by Crippen LogP contribution is -2.34. The van der Waals surface area contributed by atoms with E-state index < -0.39 is 0 Å². The Labute approximate surface area is 154 Å². The molecule has 2 fully saturated rings. The molecule has 3 aromatic rings. The Morgan fingerprint density at radius 1 is 0.962 bits per heavy atom. The molecule has 5 heteroatoms. The summed E-state index contributed by atoms with van der Waals surface area (Å²) in [6.07, 6.45) is 11.3. The van der Waals surface area contributed by atoms with E-state index in [0.717, 1.165) is 36.3 Å². The van der Waals surface area contributed by atoms with Crippen LogP contribution in [0.4, 0.5) is 5.82 Å². The number of rotatable bonds is 5. The number of aryl methyl sites for hydroxylation is 1. The number of aromatic nitrogens is 4. The van der Waals surface area contributed by atoms with Gasteiger partial charge in [-0.15, -0.1) is 10.2 Å². The van der Waals surface area contributed by atoms with Crippen LogP contribution in [0.25, 0.3) is 5.65 Å². The van der Waals surface area contributed by atoms with Crippen molar-refractivity contribution in [3.05, 3.63) is 54.1 Å². The molecule has 2 aliphatic rings. The lowest BCUT2D eigenvalue weighted by molar-refractivity contribution is 0.381. The molecule has 1 aliphatic heterocycles. The van der Waals surface area contributed by atoms with Gasteiger partial charge in [0.05, 0.1) is 0 Å². The lowest BCUT2D eigenvalue weighted by atomic mass is 9.90. The van der Waals surface area contributed by atoms with Gasteiger partial charge >= 0.3 is 0 Å². The highest BCUT2D eigenvalue weighted by atomic mass is 15.3. The minimum atomic E-state index is 0.601. The number of nitrogens with zero attached hydrogens (tertiary/aromatic N) is 5. The highest BCUT2D eigenvalue weighted by Crippen LogP contribution is 2.39. The fourth-order valence-corrected chi connectivity index (χ4v) is 4.12. The first-order valence-corrected chi connectivity index (χ1v) is 9.87. The van der Waals surface area contributed by atoms with Gasteiger partial charge in [0.15, 0.2) is 5.82 Å². The van der Waals surface area contributed by atoms with Crippen molar-refractivity contribution in [1.29, 1.82) is 0 Å². The van der Waals surface area contributed by atoms with Crippen molar-refractivity contribution in [2.75, 3.05) is 18.0 Å². The summed E-state index contributed by atoms with van der Waals surface area (Å²) in [7, 11) is 0. The smallest absolute Gasteiger partial charge is 0.203 e. The standard InChI is InChI=1S/C21H25N5/c1-2-4-16(5-3-1)6-7-17-10-13-25(14-11-17)20-21-24-23-19(18-8-9-18)26(21)15-12-22-20/h1-5,12,15,17-18H,6-11,13-14H2. The second kappa shape index (κ2) is 6.71. The van der Waals surface area contributed by atoms with Crippen LogP contribution in [0.3, 0.4) is 0 Å². The molecule has 0 unspecified atom stereocenters. The maximum Gasteiger partial charge on any atom is 0.203 e. The van der Waals surface area contributed by atoms with Crippen LogP contribution in [0.15, 0.2) is 42.7 Å². The quantitative estimate of drug-likeness (QED) is 0.703. The highest BCUT2D eigenvalue weighted by molar-refractivity contribution is 5.64. The summed E-state index contributed by atoms with van der Waals surface area (Å²) >= 11 is 0. The SMILES string of the molecule is c1ccc(CCC2CCN(c3nccn4c(C5CC5)nnc34)CC2)cc1. The summed E-state index contributed by atoms with van der Waals surface area (Å²) < 4.78 is 2.15. The summed E-state index contributed by atoms with van der Waals surface area (Å²) in [6, 6.07) is 10.8. The van der Waals surface area contributed by atoms with Crippen LogP contribution in [0.5, 0.6) is 0 Å². The Hall–Kier alpha value is -2.43. The molecular weight excluding hydrogens is 322 g/mol. The van der Waals surface area contributed by atoms with Gasteiger partial charge in [0, 0.05) is 31.4 Å². The topological polar surface area (TPSA) is 46.3 Å². The van der Waals surface area contributed by atoms with Crippen molar-refractivity contribution in [3.8, 4) is 0 Å². The van der Waals surface area contributed by atoms with E-state index >= 15 is 0 Å². The van der Waals surface area contributed by atoms with Gasteiger partial charge in [-0.2, -0.15) is 0 Å². The summed E-state index contributed by atoms with van der Waals surface area (Å²) in [5.41, 5.74) is 2.38. The van der Waals surface area contributed by atoms with Crippen LogP contribution >= 0.6 is 0 Å². The molecule has 5 nitrogen and oxygen atoms in total. The van der Waals surface area contributed by atoms with Gasteiger partial charge in [-0.1, -0.05) is 30.3 Å². The first kappa shape index (κ1) is 15.8. The Kier molecular flexibility index (Phi) is 4.07. The number of anilines is 1. The van der Waals surface area contributed by atoms with E-state index in [1.807, 2.05) is 12.4 Å². The number of piperidine rings is 1.